The second-order valence-corrected chi connectivity index (χ2v) is 5.54. The predicted molar refractivity (Wildman–Crippen MR) is 81.9 cm³/mol. The number of aromatic nitrogens is 1. The summed E-state index contributed by atoms with van der Waals surface area (Å²) in [7, 11) is 0. The molecule has 20 heavy (non-hydrogen) atoms. The van der Waals surface area contributed by atoms with Gasteiger partial charge in [-0.05, 0) is 31.9 Å². The first kappa shape index (κ1) is 15.1. The van der Waals surface area contributed by atoms with Crippen LogP contribution in [-0.2, 0) is 11.3 Å². The minimum Gasteiger partial charge on any atom is -0.370 e. The minimum absolute atomic E-state index is 0.219. The number of nitrogens with zero attached hydrogens (tertiary/aromatic N) is 2. The van der Waals surface area contributed by atoms with Crippen molar-refractivity contribution in [1.82, 2.24) is 9.88 Å². The summed E-state index contributed by atoms with van der Waals surface area (Å²) < 4.78 is 0. The summed E-state index contributed by atoms with van der Waals surface area (Å²) >= 11 is 6.21. The van der Waals surface area contributed by atoms with Crippen LogP contribution < -0.4 is 5.32 Å². The van der Waals surface area contributed by atoms with Crippen molar-refractivity contribution in [2.24, 2.45) is 0 Å². The van der Waals surface area contributed by atoms with Crippen LogP contribution in [0.1, 0.15) is 44.7 Å². The number of halogens is 1. The molecule has 1 N–H and O–H groups in total. The lowest BCUT2D eigenvalue weighted by molar-refractivity contribution is -0.132. The van der Waals surface area contributed by atoms with E-state index < -0.39 is 0 Å². The number of nitrogens with one attached hydrogen (secondary N) is 1. The minimum atomic E-state index is 0.219. The third kappa shape index (κ3) is 4.10. The maximum absolute atomic E-state index is 12.1. The van der Waals surface area contributed by atoms with E-state index in [2.05, 4.69) is 10.3 Å². The van der Waals surface area contributed by atoms with Gasteiger partial charge < -0.3 is 10.2 Å². The molecule has 1 aliphatic rings. The third-order valence-corrected chi connectivity index (χ3v) is 3.88. The van der Waals surface area contributed by atoms with Crippen LogP contribution in [0.25, 0.3) is 0 Å². The van der Waals surface area contributed by atoms with E-state index in [0.29, 0.717) is 18.0 Å². The maximum atomic E-state index is 12.1. The van der Waals surface area contributed by atoms with E-state index in [1.54, 1.807) is 0 Å². The second kappa shape index (κ2) is 7.48. The molecule has 1 fully saturated rings. The zero-order valence-electron chi connectivity index (χ0n) is 12.0. The monoisotopic (exact) mass is 295 g/mol. The summed E-state index contributed by atoms with van der Waals surface area (Å²) in [6.45, 7) is 4.16. The molecule has 0 bridgehead atoms. The average molecular weight is 296 g/mol. The summed E-state index contributed by atoms with van der Waals surface area (Å²) in [5, 5.41) is 3.80. The van der Waals surface area contributed by atoms with Gasteiger partial charge in [0.15, 0.2) is 0 Å². The van der Waals surface area contributed by atoms with Gasteiger partial charge in [0, 0.05) is 19.5 Å². The van der Waals surface area contributed by atoms with Gasteiger partial charge in [0.25, 0.3) is 0 Å². The topological polar surface area (TPSA) is 45.2 Å². The molecule has 0 spiro atoms. The van der Waals surface area contributed by atoms with Crippen LogP contribution in [0.3, 0.4) is 0 Å². The van der Waals surface area contributed by atoms with Crippen molar-refractivity contribution in [3.63, 3.8) is 0 Å². The number of hydrogen-bond donors (Lipinski definition) is 1. The highest BCUT2D eigenvalue weighted by molar-refractivity contribution is 6.31. The lowest BCUT2D eigenvalue weighted by atomic mass is 10.1. The van der Waals surface area contributed by atoms with Gasteiger partial charge in [-0.25, -0.2) is 4.98 Å². The van der Waals surface area contributed by atoms with Crippen LogP contribution in [0.15, 0.2) is 12.1 Å². The van der Waals surface area contributed by atoms with Crippen LogP contribution >= 0.6 is 11.6 Å². The summed E-state index contributed by atoms with van der Waals surface area (Å²) in [4.78, 5) is 18.5. The molecule has 1 aliphatic heterocycles. The Bertz CT molecular complexity index is 464. The quantitative estimate of drug-likeness (QED) is 0.925. The fraction of sp³-hybridized carbons (Fsp3) is 0.600. The van der Waals surface area contributed by atoms with Crippen molar-refractivity contribution in [3.8, 4) is 0 Å². The smallest absolute Gasteiger partial charge is 0.222 e. The van der Waals surface area contributed by atoms with Gasteiger partial charge in [-0.2, -0.15) is 0 Å². The summed E-state index contributed by atoms with van der Waals surface area (Å²) in [5.41, 5.74) is 0.777. The molecule has 1 saturated heterocycles. The molecule has 0 aliphatic carbocycles. The van der Waals surface area contributed by atoms with E-state index in [-0.39, 0.29) is 5.91 Å². The van der Waals surface area contributed by atoms with Crippen molar-refractivity contribution < 1.29 is 4.79 Å². The molecule has 4 nitrogen and oxygen atoms in total. The fourth-order valence-electron chi connectivity index (χ4n) is 2.44. The Morgan fingerprint density at radius 3 is 2.90 bits per heavy atom. The molecule has 0 atom stereocenters. The van der Waals surface area contributed by atoms with Crippen molar-refractivity contribution >= 4 is 23.3 Å². The Balaban J connectivity index is 2.10. The fourth-order valence-corrected chi connectivity index (χ4v) is 2.60. The van der Waals surface area contributed by atoms with Crippen molar-refractivity contribution in [3.05, 3.63) is 22.8 Å². The molecular weight excluding hydrogens is 274 g/mol. The van der Waals surface area contributed by atoms with E-state index in [1.807, 2.05) is 24.0 Å². The van der Waals surface area contributed by atoms with Crippen LogP contribution in [-0.4, -0.2) is 28.9 Å². The Kier molecular flexibility index (Phi) is 5.65. The molecule has 1 aromatic heterocycles. The summed E-state index contributed by atoms with van der Waals surface area (Å²) in [6.07, 6.45) is 5.06. The van der Waals surface area contributed by atoms with Gasteiger partial charge >= 0.3 is 0 Å². The van der Waals surface area contributed by atoms with Crippen LogP contribution in [0.2, 0.25) is 5.02 Å². The SMILES string of the molecule is CCNc1ccc(Cl)c(CN2CCCCCCC2=O)n1. The number of carbonyl (C=O) groups excluding carboxylic acids is 1. The Morgan fingerprint density at radius 2 is 2.10 bits per heavy atom. The first-order valence-electron chi connectivity index (χ1n) is 7.37. The Labute approximate surface area is 125 Å². The van der Waals surface area contributed by atoms with E-state index in [4.69, 9.17) is 11.6 Å². The Morgan fingerprint density at radius 1 is 1.30 bits per heavy atom. The molecule has 0 saturated carbocycles. The van der Waals surface area contributed by atoms with Crippen LogP contribution in [0, 0.1) is 0 Å². The molecule has 0 unspecified atom stereocenters. The first-order chi connectivity index (χ1) is 9.70. The van der Waals surface area contributed by atoms with E-state index in [1.165, 1.54) is 6.42 Å². The zero-order chi connectivity index (χ0) is 14.4. The number of rotatable bonds is 4. The molecule has 2 rings (SSSR count). The van der Waals surface area contributed by atoms with Crippen molar-refractivity contribution in [2.45, 2.75) is 45.6 Å². The van der Waals surface area contributed by atoms with Gasteiger partial charge in [-0.3, -0.25) is 4.79 Å². The predicted octanol–water partition coefficient (Wildman–Crippen LogP) is 3.46. The van der Waals surface area contributed by atoms with E-state index in [9.17, 15) is 4.79 Å². The molecule has 5 heteroatoms. The molecule has 2 heterocycles. The normalized spacial score (nSPS) is 16.7. The van der Waals surface area contributed by atoms with Gasteiger partial charge in [0.05, 0.1) is 17.3 Å². The van der Waals surface area contributed by atoms with E-state index >= 15 is 0 Å². The molecule has 0 radical (unpaired) electrons. The van der Waals surface area contributed by atoms with Crippen molar-refractivity contribution in [1.29, 1.82) is 0 Å². The second-order valence-electron chi connectivity index (χ2n) is 5.13. The van der Waals surface area contributed by atoms with Crippen molar-refractivity contribution in [2.75, 3.05) is 18.4 Å². The van der Waals surface area contributed by atoms with Gasteiger partial charge in [-0.15, -0.1) is 0 Å². The van der Waals surface area contributed by atoms with Crippen LogP contribution in [0.5, 0.6) is 0 Å². The standard InChI is InChI=1S/C15H22ClN3O/c1-2-17-14-9-8-12(16)13(18-14)11-19-10-6-4-3-5-7-15(19)20/h8-9H,2-7,10-11H2,1H3,(H,17,18). The zero-order valence-corrected chi connectivity index (χ0v) is 12.7. The highest BCUT2D eigenvalue weighted by Gasteiger charge is 2.17. The largest absolute Gasteiger partial charge is 0.370 e. The van der Waals surface area contributed by atoms with Gasteiger partial charge in [0.2, 0.25) is 5.91 Å². The molecule has 110 valence electrons. The number of carbonyl (C=O) groups is 1. The van der Waals surface area contributed by atoms with E-state index in [0.717, 1.165) is 43.9 Å². The summed E-state index contributed by atoms with van der Waals surface area (Å²) in [5.74, 6) is 1.03. The third-order valence-electron chi connectivity index (χ3n) is 3.54. The molecular formula is C15H22ClN3O. The highest BCUT2D eigenvalue weighted by Crippen LogP contribution is 2.20. The first-order valence-corrected chi connectivity index (χ1v) is 7.75. The molecule has 1 amide bonds. The molecule has 1 aromatic rings. The number of pyridine rings is 1. The lowest BCUT2D eigenvalue weighted by Gasteiger charge is -2.25. The average Bonchev–Trinajstić information content (AvgIpc) is 2.42. The highest BCUT2D eigenvalue weighted by atomic mass is 35.5. The van der Waals surface area contributed by atoms with Crippen LogP contribution in [0.4, 0.5) is 5.82 Å². The molecule has 0 aromatic carbocycles. The summed E-state index contributed by atoms with van der Waals surface area (Å²) in [6, 6.07) is 3.71. The number of anilines is 1. The number of likely N-dealkylation sites (tertiary alicyclic amines) is 1. The van der Waals surface area contributed by atoms with Gasteiger partial charge in [-0.1, -0.05) is 24.4 Å². The Hall–Kier alpha value is -1.29. The maximum Gasteiger partial charge on any atom is 0.222 e. The number of amides is 1. The van der Waals surface area contributed by atoms with Gasteiger partial charge in [0.1, 0.15) is 5.82 Å². The number of hydrogen-bond acceptors (Lipinski definition) is 3. The lowest BCUT2D eigenvalue weighted by Crippen LogP contribution is -2.32.